The molecule has 2 aromatic carbocycles. The Bertz CT molecular complexity index is 1200. The molecule has 0 unspecified atom stereocenters. The Hall–Kier alpha value is -3.20. The summed E-state index contributed by atoms with van der Waals surface area (Å²) in [5.41, 5.74) is -0.651. The van der Waals surface area contributed by atoms with Crippen LogP contribution in [0.2, 0.25) is 0 Å². The number of ether oxygens (including phenoxy) is 3. The van der Waals surface area contributed by atoms with Gasteiger partial charge in [0.2, 0.25) is 11.2 Å². The van der Waals surface area contributed by atoms with E-state index in [2.05, 4.69) is 0 Å². The van der Waals surface area contributed by atoms with E-state index in [1.807, 2.05) is 18.7 Å². The minimum Gasteiger partial charge on any atom is -0.497 e. The van der Waals surface area contributed by atoms with Gasteiger partial charge in [0.1, 0.15) is 29.6 Å². The third-order valence-electron chi connectivity index (χ3n) is 5.01. The van der Waals surface area contributed by atoms with Crippen LogP contribution in [0.3, 0.4) is 0 Å². The van der Waals surface area contributed by atoms with E-state index in [1.165, 1.54) is 25.3 Å². The standard InChI is InChI=1S/C23H22F3NO5/c1-13(2)10-27-11-17-18(30-12-27)8-7-16-19(28)21(22(23(24,25)26)32-20(16)17)31-15-6-4-5-14(9-15)29-3/h4-9,13H,10-12H2,1-3H3. The number of hydrogen-bond donors (Lipinski definition) is 0. The fraction of sp³-hybridized carbons (Fsp3) is 0.348. The Morgan fingerprint density at radius 1 is 1.16 bits per heavy atom. The number of fused-ring (bicyclic) bond motifs is 3. The third kappa shape index (κ3) is 4.25. The molecule has 0 aliphatic carbocycles. The van der Waals surface area contributed by atoms with Crippen molar-refractivity contribution in [3.05, 3.63) is 57.9 Å². The highest BCUT2D eigenvalue weighted by atomic mass is 19.4. The molecule has 32 heavy (non-hydrogen) atoms. The Morgan fingerprint density at radius 2 is 1.91 bits per heavy atom. The minimum absolute atomic E-state index is 0.00959. The highest BCUT2D eigenvalue weighted by Gasteiger charge is 2.41. The Morgan fingerprint density at radius 3 is 2.59 bits per heavy atom. The smallest absolute Gasteiger partial charge is 0.453 e. The number of hydrogen-bond acceptors (Lipinski definition) is 6. The molecule has 0 atom stereocenters. The summed E-state index contributed by atoms with van der Waals surface area (Å²) in [6.45, 7) is 5.36. The molecule has 170 valence electrons. The summed E-state index contributed by atoms with van der Waals surface area (Å²) in [7, 11) is 1.42. The van der Waals surface area contributed by atoms with E-state index in [9.17, 15) is 18.0 Å². The monoisotopic (exact) mass is 449 g/mol. The van der Waals surface area contributed by atoms with E-state index in [-0.39, 0.29) is 16.7 Å². The molecule has 1 aliphatic rings. The molecule has 2 heterocycles. The second kappa shape index (κ2) is 8.38. The van der Waals surface area contributed by atoms with Gasteiger partial charge < -0.3 is 18.6 Å². The number of methoxy groups -OCH3 is 1. The number of rotatable bonds is 5. The predicted octanol–water partition coefficient (Wildman–Crippen LogP) is 5.42. The SMILES string of the molecule is COc1cccc(Oc2c(C(F)(F)F)oc3c4c(ccc3c2=O)OCN(CC(C)C)C4)c1. The van der Waals surface area contributed by atoms with Crippen LogP contribution < -0.4 is 19.6 Å². The normalized spacial score (nSPS) is 14.3. The third-order valence-corrected chi connectivity index (χ3v) is 5.01. The van der Waals surface area contributed by atoms with Crippen molar-refractivity contribution in [3.8, 4) is 23.0 Å². The van der Waals surface area contributed by atoms with E-state index in [4.69, 9.17) is 18.6 Å². The molecule has 0 amide bonds. The first-order valence-corrected chi connectivity index (χ1v) is 10.0. The number of nitrogens with zero attached hydrogens (tertiary/aromatic N) is 1. The van der Waals surface area contributed by atoms with Gasteiger partial charge in [-0.1, -0.05) is 19.9 Å². The molecule has 0 radical (unpaired) electrons. The molecule has 1 aliphatic heterocycles. The van der Waals surface area contributed by atoms with Crippen molar-refractivity contribution in [3.63, 3.8) is 0 Å². The number of alkyl halides is 3. The average molecular weight is 449 g/mol. The molecule has 0 spiro atoms. The molecule has 6 nitrogen and oxygen atoms in total. The van der Waals surface area contributed by atoms with Crippen molar-refractivity contribution in [1.29, 1.82) is 0 Å². The number of benzene rings is 2. The average Bonchev–Trinajstić information content (AvgIpc) is 2.74. The first-order chi connectivity index (χ1) is 15.2. The molecule has 1 aromatic heterocycles. The Kier molecular flexibility index (Phi) is 5.77. The highest BCUT2D eigenvalue weighted by molar-refractivity contribution is 5.83. The maximum atomic E-state index is 13.9. The van der Waals surface area contributed by atoms with Crippen LogP contribution in [0.25, 0.3) is 11.0 Å². The molecule has 9 heteroatoms. The van der Waals surface area contributed by atoms with Gasteiger partial charge in [-0.15, -0.1) is 0 Å². The van der Waals surface area contributed by atoms with Crippen LogP contribution in [0, 0.1) is 5.92 Å². The second-order valence-electron chi connectivity index (χ2n) is 7.97. The predicted molar refractivity (Wildman–Crippen MR) is 111 cm³/mol. The molecule has 4 rings (SSSR count). The van der Waals surface area contributed by atoms with Gasteiger partial charge >= 0.3 is 6.18 Å². The molecular formula is C23H22F3NO5. The van der Waals surface area contributed by atoms with E-state index < -0.39 is 23.1 Å². The van der Waals surface area contributed by atoms with Gasteiger partial charge in [-0.2, -0.15) is 13.2 Å². The first kappa shape index (κ1) is 22.0. The first-order valence-electron chi connectivity index (χ1n) is 10.0. The quantitative estimate of drug-likeness (QED) is 0.518. The molecule has 0 bridgehead atoms. The van der Waals surface area contributed by atoms with Crippen LogP contribution in [-0.4, -0.2) is 25.3 Å². The van der Waals surface area contributed by atoms with Crippen molar-refractivity contribution < 1.29 is 31.8 Å². The van der Waals surface area contributed by atoms with Gasteiger partial charge in [0.05, 0.1) is 18.1 Å². The van der Waals surface area contributed by atoms with E-state index in [0.29, 0.717) is 42.8 Å². The fourth-order valence-corrected chi connectivity index (χ4v) is 3.69. The summed E-state index contributed by atoms with van der Waals surface area (Å²) in [6, 6.07) is 8.93. The molecular weight excluding hydrogens is 427 g/mol. The van der Waals surface area contributed by atoms with Crippen molar-refractivity contribution in [2.75, 3.05) is 20.4 Å². The van der Waals surface area contributed by atoms with Crippen LogP contribution in [0.4, 0.5) is 13.2 Å². The largest absolute Gasteiger partial charge is 0.497 e. The van der Waals surface area contributed by atoms with Gasteiger partial charge in [0, 0.05) is 19.2 Å². The van der Waals surface area contributed by atoms with Crippen molar-refractivity contribution in [2.24, 2.45) is 5.92 Å². The fourth-order valence-electron chi connectivity index (χ4n) is 3.69. The van der Waals surface area contributed by atoms with Gasteiger partial charge in [-0.3, -0.25) is 9.69 Å². The van der Waals surface area contributed by atoms with Crippen molar-refractivity contribution in [1.82, 2.24) is 4.90 Å². The van der Waals surface area contributed by atoms with Crippen LogP contribution >= 0.6 is 0 Å². The molecule has 3 aromatic rings. The lowest BCUT2D eigenvalue weighted by Crippen LogP contribution is -2.35. The van der Waals surface area contributed by atoms with Crippen LogP contribution in [0.15, 0.2) is 45.6 Å². The lowest BCUT2D eigenvalue weighted by atomic mass is 10.1. The van der Waals surface area contributed by atoms with E-state index >= 15 is 0 Å². The van der Waals surface area contributed by atoms with Crippen molar-refractivity contribution >= 4 is 11.0 Å². The van der Waals surface area contributed by atoms with Gasteiger partial charge in [-0.25, -0.2) is 0 Å². The van der Waals surface area contributed by atoms with Gasteiger partial charge in [-0.05, 0) is 30.2 Å². The molecule has 0 N–H and O–H groups in total. The second-order valence-corrected chi connectivity index (χ2v) is 7.97. The number of halogens is 3. The summed E-state index contributed by atoms with van der Waals surface area (Å²) in [5.74, 6) is -1.30. The van der Waals surface area contributed by atoms with Gasteiger partial charge in [0.15, 0.2) is 0 Å². The highest BCUT2D eigenvalue weighted by Crippen LogP contribution is 2.41. The zero-order valence-electron chi connectivity index (χ0n) is 17.8. The molecule has 0 saturated heterocycles. The maximum absolute atomic E-state index is 13.9. The summed E-state index contributed by atoms with van der Waals surface area (Å²) >= 11 is 0. The van der Waals surface area contributed by atoms with Crippen LogP contribution in [0.1, 0.15) is 25.2 Å². The molecule has 0 fully saturated rings. The van der Waals surface area contributed by atoms with Gasteiger partial charge in [0.25, 0.3) is 5.76 Å². The minimum atomic E-state index is -4.95. The van der Waals surface area contributed by atoms with Crippen molar-refractivity contribution in [2.45, 2.75) is 26.6 Å². The summed E-state index contributed by atoms with van der Waals surface area (Å²) in [6.07, 6.45) is -4.95. The lowest BCUT2D eigenvalue weighted by Gasteiger charge is -2.30. The summed E-state index contributed by atoms with van der Waals surface area (Å²) in [4.78, 5) is 15.1. The van der Waals surface area contributed by atoms with Crippen LogP contribution in [-0.2, 0) is 12.7 Å². The summed E-state index contributed by atoms with van der Waals surface area (Å²) < 4.78 is 63.2. The Balaban J connectivity index is 1.87. The topological polar surface area (TPSA) is 61.1 Å². The van der Waals surface area contributed by atoms with E-state index in [0.717, 1.165) is 0 Å². The van der Waals surface area contributed by atoms with Crippen LogP contribution in [0.5, 0.6) is 23.0 Å². The summed E-state index contributed by atoms with van der Waals surface area (Å²) in [5, 5.41) is -0.00959. The molecule has 0 saturated carbocycles. The zero-order chi connectivity index (χ0) is 23.0. The Labute approximate surface area is 182 Å². The lowest BCUT2D eigenvalue weighted by molar-refractivity contribution is -0.154. The maximum Gasteiger partial charge on any atom is 0.453 e. The van der Waals surface area contributed by atoms with E-state index in [1.54, 1.807) is 18.2 Å². The zero-order valence-corrected chi connectivity index (χ0v) is 17.8.